The third-order valence-corrected chi connectivity index (χ3v) is 1.68. The van der Waals surface area contributed by atoms with E-state index in [1.54, 1.807) is 5.57 Å². The minimum Gasteiger partial charge on any atom is -0.0885 e. The Morgan fingerprint density at radius 3 is 2.29 bits per heavy atom. The molecule has 7 heavy (non-hydrogen) atoms. The third kappa shape index (κ3) is 1.05. The van der Waals surface area contributed by atoms with Crippen LogP contribution in [0.3, 0.4) is 0 Å². The second-order valence-corrected chi connectivity index (χ2v) is 2.31. The van der Waals surface area contributed by atoms with Gasteiger partial charge in [-0.1, -0.05) is 11.6 Å². The van der Waals surface area contributed by atoms with Crippen LogP contribution in [0.25, 0.3) is 0 Å². The molecule has 0 aromatic heterocycles. The van der Waals surface area contributed by atoms with Crippen molar-refractivity contribution in [3.05, 3.63) is 11.6 Å². The highest BCUT2D eigenvalue weighted by molar-refractivity contribution is 5.07. The molecule has 0 N–H and O–H groups in total. The fourth-order valence-electron chi connectivity index (χ4n) is 0.774. The monoisotopic (exact) mass is 96.1 g/mol. The second-order valence-electron chi connectivity index (χ2n) is 2.31. The molecule has 0 aromatic rings. The molecule has 0 heteroatoms. The maximum absolute atomic E-state index is 2.22. The van der Waals surface area contributed by atoms with Gasteiger partial charge >= 0.3 is 0 Å². The van der Waals surface area contributed by atoms with E-state index >= 15 is 0 Å². The molecule has 1 rings (SSSR count). The van der Waals surface area contributed by atoms with Crippen molar-refractivity contribution in [1.29, 1.82) is 0 Å². The lowest BCUT2D eigenvalue weighted by Gasteiger charge is -1.88. The molecule has 0 saturated heterocycles. The van der Waals surface area contributed by atoms with Crippen LogP contribution < -0.4 is 0 Å². The van der Waals surface area contributed by atoms with Crippen molar-refractivity contribution in [3.63, 3.8) is 0 Å². The van der Waals surface area contributed by atoms with Crippen molar-refractivity contribution in [2.24, 2.45) is 5.92 Å². The van der Waals surface area contributed by atoms with Gasteiger partial charge in [-0.3, -0.25) is 0 Å². The lowest BCUT2D eigenvalue weighted by atomic mass is 10.2. The summed E-state index contributed by atoms with van der Waals surface area (Å²) in [5.74, 6) is 0.977. The predicted octanol–water partition coefficient (Wildman–Crippen LogP) is 2.36. The van der Waals surface area contributed by atoms with Crippen LogP contribution in [0.4, 0.5) is 0 Å². The van der Waals surface area contributed by atoms with Crippen LogP contribution in [-0.4, -0.2) is 0 Å². The van der Waals surface area contributed by atoms with Crippen molar-refractivity contribution in [2.75, 3.05) is 0 Å². The maximum atomic E-state index is 2.22. The van der Waals surface area contributed by atoms with Gasteiger partial charge in [-0.2, -0.15) is 0 Å². The Bertz CT molecular complexity index is 86.2. The zero-order chi connectivity index (χ0) is 5.28. The second kappa shape index (κ2) is 1.69. The number of hydrogen-bond donors (Lipinski definition) is 0. The molecule has 1 saturated carbocycles. The van der Waals surface area contributed by atoms with Crippen molar-refractivity contribution in [3.8, 4) is 0 Å². The molecule has 0 unspecified atom stereocenters. The maximum Gasteiger partial charge on any atom is -0.0206 e. The van der Waals surface area contributed by atoms with E-state index in [-0.39, 0.29) is 0 Å². The standard InChI is InChI=1S/C7H12/c1-3-6(2)7-4-5-7/h3,7H,4-5H2,1-2H3/b6-3-. The first-order valence-corrected chi connectivity index (χ1v) is 2.97. The first-order valence-electron chi connectivity index (χ1n) is 2.97. The van der Waals surface area contributed by atoms with Crippen molar-refractivity contribution in [1.82, 2.24) is 0 Å². The molecular weight excluding hydrogens is 84.1 g/mol. The van der Waals surface area contributed by atoms with Gasteiger partial charge in [0.05, 0.1) is 0 Å². The number of allylic oxidation sites excluding steroid dienone is 2. The highest BCUT2D eigenvalue weighted by Crippen LogP contribution is 2.35. The van der Waals surface area contributed by atoms with Crippen LogP contribution in [0.5, 0.6) is 0 Å². The van der Waals surface area contributed by atoms with Gasteiger partial charge in [0.15, 0.2) is 0 Å². The predicted molar refractivity (Wildman–Crippen MR) is 32.2 cm³/mol. The Labute approximate surface area is 45.2 Å². The molecule has 0 aromatic carbocycles. The molecule has 0 spiro atoms. The Morgan fingerprint density at radius 1 is 1.57 bits per heavy atom. The van der Waals surface area contributed by atoms with Crippen molar-refractivity contribution in [2.45, 2.75) is 26.7 Å². The molecule has 0 nitrogen and oxygen atoms in total. The molecule has 1 aliphatic carbocycles. The topological polar surface area (TPSA) is 0 Å². The summed E-state index contributed by atoms with van der Waals surface area (Å²) in [6.07, 6.45) is 5.10. The lowest BCUT2D eigenvalue weighted by molar-refractivity contribution is 1.00. The van der Waals surface area contributed by atoms with Gasteiger partial charge in [0.1, 0.15) is 0 Å². The highest BCUT2D eigenvalue weighted by Gasteiger charge is 2.21. The van der Waals surface area contributed by atoms with Gasteiger partial charge < -0.3 is 0 Å². The highest BCUT2D eigenvalue weighted by atomic mass is 14.3. The molecule has 1 aliphatic rings. The fourth-order valence-corrected chi connectivity index (χ4v) is 0.774. The molecule has 1 fully saturated rings. The van der Waals surface area contributed by atoms with Crippen LogP contribution in [0.15, 0.2) is 11.6 Å². The largest absolute Gasteiger partial charge is 0.0885 e. The first-order chi connectivity index (χ1) is 3.34. The van der Waals surface area contributed by atoms with Crippen LogP contribution in [0.1, 0.15) is 26.7 Å². The van der Waals surface area contributed by atoms with Crippen LogP contribution in [0.2, 0.25) is 0 Å². The Hall–Kier alpha value is -0.260. The van der Waals surface area contributed by atoms with Crippen molar-refractivity contribution >= 4 is 0 Å². The molecule has 0 radical (unpaired) electrons. The van der Waals surface area contributed by atoms with Gasteiger partial charge in [0, 0.05) is 0 Å². The molecular formula is C7H12. The molecule has 40 valence electrons. The van der Waals surface area contributed by atoms with Gasteiger partial charge in [-0.15, -0.1) is 0 Å². The SMILES string of the molecule is C/C=C(/C)C1CC1. The van der Waals surface area contributed by atoms with E-state index in [9.17, 15) is 0 Å². The van der Waals surface area contributed by atoms with E-state index in [0.717, 1.165) is 5.92 Å². The Balaban J connectivity index is 2.37. The molecule has 0 aliphatic heterocycles. The Kier molecular flexibility index (Phi) is 1.18. The summed E-state index contributed by atoms with van der Waals surface area (Å²) >= 11 is 0. The summed E-state index contributed by atoms with van der Waals surface area (Å²) in [7, 11) is 0. The number of hydrogen-bond acceptors (Lipinski definition) is 0. The van der Waals surface area contributed by atoms with Crippen LogP contribution >= 0.6 is 0 Å². The van der Waals surface area contributed by atoms with Crippen molar-refractivity contribution < 1.29 is 0 Å². The Morgan fingerprint density at radius 2 is 2.14 bits per heavy atom. The van der Waals surface area contributed by atoms with E-state index in [0.29, 0.717) is 0 Å². The zero-order valence-corrected chi connectivity index (χ0v) is 5.07. The van der Waals surface area contributed by atoms with E-state index in [2.05, 4.69) is 19.9 Å². The number of rotatable bonds is 1. The van der Waals surface area contributed by atoms with Gasteiger partial charge in [-0.05, 0) is 32.6 Å². The molecule has 0 atom stereocenters. The van der Waals surface area contributed by atoms with Gasteiger partial charge in [0.25, 0.3) is 0 Å². The molecule has 0 amide bonds. The smallest absolute Gasteiger partial charge is 0.0206 e. The average molecular weight is 96.2 g/mol. The van der Waals surface area contributed by atoms with E-state index in [1.165, 1.54) is 12.8 Å². The summed E-state index contributed by atoms with van der Waals surface area (Å²) < 4.78 is 0. The first kappa shape index (κ1) is 4.89. The fraction of sp³-hybridized carbons (Fsp3) is 0.714. The van der Waals surface area contributed by atoms with E-state index in [1.807, 2.05) is 0 Å². The average Bonchev–Trinajstić information content (AvgIpc) is 2.44. The lowest BCUT2D eigenvalue weighted by Crippen LogP contribution is -1.72. The molecule has 0 heterocycles. The van der Waals surface area contributed by atoms with Crippen LogP contribution in [0, 0.1) is 5.92 Å². The minimum atomic E-state index is 0.977. The normalized spacial score (nSPS) is 22.9. The zero-order valence-electron chi connectivity index (χ0n) is 5.07. The van der Waals surface area contributed by atoms with Crippen LogP contribution in [-0.2, 0) is 0 Å². The van der Waals surface area contributed by atoms with Gasteiger partial charge in [-0.25, -0.2) is 0 Å². The quantitative estimate of drug-likeness (QED) is 0.439. The van der Waals surface area contributed by atoms with Gasteiger partial charge in [0.2, 0.25) is 0 Å². The third-order valence-electron chi connectivity index (χ3n) is 1.68. The summed E-state index contributed by atoms with van der Waals surface area (Å²) in [5.41, 5.74) is 1.58. The van der Waals surface area contributed by atoms with E-state index in [4.69, 9.17) is 0 Å². The molecule has 0 bridgehead atoms. The summed E-state index contributed by atoms with van der Waals surface area (Å²) in [5, 5.41) is 0. The summed E-state index contributed by atoms with van der Waals surface area (Å²) in [4.78, 5) is 0. The summed E-state index contributed by atoms with van der Waals surface area (Å²) in [6, 6.07) is 0. The van der Waals surface area contributed by atoms with E-state index < -0.39 is 0 Å². The minimum absolute atomic E-state index is 0.977. The summed E-state index contributed by atoms with van der Waals surface area (Å²) in [6.45, 7) is 4.34.